The van der Waals surface area contributed by atoms with Crippen LogP contribution in [0.4, 0.5) is 4.39 Å². The van der Waals surface area contributed by atoms with Gasteiger partial charge in [-0.25, -0.2) is 4.39 Å². The third kappa shape index (κ3) is 4.08. The molecule has 2 aromatic rings. The number of hydrogen-bond donors (Lipinski definition) is 0. The fraction of sp³-hybridized carbons (Fsp3) is 0.389. The number of benzene rings is 1. The van der Waals surface area contributed by atoms with Gasteiger partial charge in [-0.2, -0.15) is 0 Å². The molecule has 1 aliphatic rings. The maximum Gasteiger partial charge on any atom is 0.123 e. The second kappa shape index (κ2) is 7.39. The summed E-state index contributed by atoms with van der Waals surface area (Å²) in [6.45, 7) is 1.49. The van der Waals surface area contributed by atoms with Gasteiger partial charge in [-0.05, 0) is 49.2 Å². The van der Waals surface area contributed by atoms with E-state index in [9.17, 15) is 4.39 Å². The second-order valence-electron chi connectivity index (χ2n) is 5.97. The van der Waals surface area contributed by atoms with Crippen LogP contribution in [-0.2, 0) is 11.3 Å². The fourth-order valence-corrected chi connectivity index (χ4v) is 3.20. The van der Waals surface area contributed by atoms with Crippen molar-refractivity contribution in [2.24, 2.45) is 0 Å². The molecular formula is C18H20ClFN2O. The Morgan fingerprint density at radius 1 is 1.30 bits per heavy atom. The maximum absolute atomic E-state index is 13.1. The summed E-state index contributed by atoms with van der Waals surface area (Å²) < 4.78 is 18.9. The highest BCUT2D eigenvalue weighted by atomic mass is 35.5. The molecule has 0 radical (unpaired) electrons. The van der Waals surface area contributed by atoms with Gasteiger partial charge in [-0.15, -0.1) is 0 Å². The van der Waals surface area contributed by atoms with Crippen LogP contribution in [0.2, 0.25) is 5.02 Å². The Morgan fingerprint density at radius 3 is 2.83 bits per heavy atom. The lowest BCUT2D eigenvalue weighted by Gasteiger charge is -2.35. The molecule has 23 heavy (non-hydrogen) atoms. The van der Waals surface area contributed by atoms with Crippen LogP contribution in [0.1, 0.15) is 30.1 Å². The lowest BCUT2D eigenvalue weighted by atomic mass is 9.96. The first-order valence-corrected chi connectivity index (χ1v) is 8.17. The van der Waals surface area contributed by atoms with Crippen LogP contribution in [0, 0.1) is 5.82 Å². The topological polar surface area (TPSA) is 25.4 Å². The zero-order valence-electron chi connectivity index (χ0n) is 13.1. The summed E-state index contributed by atoms with van der Waals surface area (Å²) in [6, 6.07) is 8.95. The number of ether oxygens (including phenoxy) is 1. The third-order valence-corrected chi connectivity index (χ3v) is 4.74. The van der Waals surface area contributed by atoms with Crippen LogP contribution in [0.3, 0.4) is 0 Å². The number of rotatable bonds is 4. The molecule has 3 nitrogen and oxygen atoms in total. The Kier molecular flexibility index (Phi) is 5.26. The Bertz CT molecular complexity index is 650. The molecule has 1 aliphatic heterocycles. The predicted octanol–water partition coefficient (Wildman–Crippen LogP) is 4.23. The monoisotopic (exact) mass is 334 g/mol. The maximum atomic E-state index is 13.1. The molecule has 2 heterocycles. The van der Waals surface area contributed by atoms with Crippen LogP contribution in [0.25, 0.3) is 0 Å². The van der Waals surface area contributed by atoms with Gasteiger partial charge in [-0.3, -0.25) is 9.88 Å². The summed E-state index contributed by atoms with van der Waals surface area (Å²) in [7, 11) is 2.11. The number of pyridine rings is 1. The SMILES string of the molecule is CN(Cc1ccncc1Cl)[C@H]1CCO[C@H](c2ccc(F)cc2)C1. The van der Waals surface area contributed by atoms with Crippen LogP contribution < -0.4 is 0 Å². The largest absolute Gasteiger partial charge is 0.373 e. The predicted molar refractivity (Wildman–Crippen MR) is 88.8 cm³/mol. The van der Waals surface area contributed by atoms with Gasteiger partial charge < -0.3 is 4.74 Å². The number of hydrogen-bond acceptors (Lipinski definition) is 3. The highest BCUT2D eigenvalue weighted by molar-refractivity contribution is 6.31. The van der Waals surface area contributed by atoms with E-state index in [0.29, 0.717) is 17.7 Å². The molecule has 0 amide bonds. The van der Waals surface area contributed by atoms with Gasteiger partial charge in [0.05, 0.1) is 11.1 Å². The van der Waals surface area contributed by atoms with E-state index in [2.05, 4.69) is 16.9 Å². The molecule has 0 N–H and O–H groups in total. The summed E-state index contributed by atoms with van der Waals surface area (Å²) in [5.41, 5.74) is 2.11. The number of halogens is 2. The third-order valence-electron chi connectivity index (χ3n) is 4.40. The van der Waals surface area contributed by atoms with Crippen molar-refractivity contribution in [3.63, 3.8) is 0 Å². The van der Waals surface area contributed by atoms with E-state index < -0.39 is 0 Å². The minimum atomic E-state index is -0.217. The first kappa shape index (κ1) is 16.4. The van der Waals surface area contributed by atoms with Gasteiger partial charge in [0.2, 0.25) is 0 Å². The van der Waals surface area contributed by atoms with Gasteiger partial charge in [0, 0.05) is 31.6 Å². The molecule has 0 aliphatic carbocycles. The summed E-state index contributed by atoms with van der Waals surface area (Å²) in [4.78, 5) is 6.33. The molecule has 0 unspecified atom stereocenters. The van der Waals surface area contributed by atoms with Crippen molar-refractivity contribution in [2.75, 3.05) is 13.7 Å². The van der Waals surface area contributed by atoms with Gasteiger partial charge in [0.15, 0.2) is 0 Å². The van der Waals surface area contributed by atoms with Crippen molar-refractivity contribution in [2.45, 2.75) is 31.5 Å². The molecular weight excluding hydrogens is 315 g/mol. The molecule has 3 rings (SSSR count). The first-order valence-electron chi connectivity index (χ1n) is 7.79. The molecule has 1 aromatic carbocycles. The second-order valence-corrected chi connectivity index (χ2v) is 6.38. The van der Waals surface area contributed by atoms with Crippen molar-refractivity contribution < 1.29 is 9.13 Å². The molecule has 122 valence electrons. The summed E-state index contributed by atoms with van der Waals surface area (Å²) in [6.07, 6.45) is 5.34. The quantitative estimate of drug-likeness (QED) is 0.836. The average Bonchev–Trinajstić information content (AvgIpc) is 2.58. The van der Waals surface area contributed by atoms with Gasteiger partial charge in [0.1, 0.15) is 5.82 Å². The van der Waals surface area contributed by atoms with Crippen LogP contribution >= 0.6 is 11.6 Å². The van der Waals surface area contributed by atoms with E-state index in [4.69, 9.17) is 16.3 Å². The van der Waals surface area contributed by atoms with Crippen LogP contribution in [0.5, 0.6) is 0 Å². The van der Waals surface area contributed by atoms with Gasteiger partial charge >= 0.3 is 0 Å². The van der Waals surface area contributed by atoms with Crippen molar-refractivity contribution >= 4 is 11.6 Å². The molecule has 0 saturated carbocycles. The number of nitrogens with zero attached hydrogens (tertiary/aromatic N) is 2. The zero-order chi connectivity index (χ0) is 16.2. The Hall–Kier alpha value is -1.49. The highest BCUT2D eigenvalue weighted by Crippen LogP contribution is 2.31. The van der Waals surface area contributed by atoms with E-state index >= 15 is 0 Å². The molecule has 0 spiro atoms. The molecule has 1 aromatic heterocycles. The van der Waals surface area contributed by atoms with E-state index in [-0.39, 0.29) is 11.9 Å². The van der Waals surface area contributed by atoms with E-state index in [1.807, 2.05) is 18.2 Å². The highest BCUT2D eigenvalue weighted by Gasteiger charge is 2.26. The van der Waals surface area contributed by atoms with Crippen LogP contribution in [-0.4, -0.2) is 29.6 Å². The van der Waals surface area contributed by atoms with Gasteiger partial charge in [-0.1, -0.05) is 23.7 Å². The summed E-state index contributed by atoms with van der Waals surface area (Å²) in [5, 5.41) is 0.696. The lowest BCUT2D eigenvalue weighted by Crippen LogP contribution is -2.37. The van der Waals surface area contributed by atoms with E-state index in [1.165, 1.54) is 12.1 Å². The minimum absolute atomic E-state index is 0.0183. The van der Waals surface area contributed by atoms with Crippen molar-refractivity contribution in [3.05, 3.63) is 64.7 Å². The minimum Gasteiger partial charge on any atom is -0.373 e. The molecule has 1 fully saturated rings. The molecule has 2 atom stereocenters. The Labute approximate surface area is 141 Å². The summed E-state index contributed by atoms with van der Waals surface area (Å²) >= 11 is 6.20. The Morgan fingerprint density at radius 2 is 2.09 bits per heavy atom. The van der Waals surface area contributed by atoms with Gasteiger partial charge in [0.25, 0.3) is 0 Å². The lowest BCUT2D eigenvalue weighted by molar-refractivity contribution is -0.0249. The smallest absolute Gasteiger partial charge is 0.123 e. The molecule has 0 bridgehead atoms. The standard InChI is InChI=1S/C18H20ClFN2O/c1-22(12-14-6-8-21-11-17(14)19)16-7-9-23-18(10-16)13-2-4-15(20)5-3-13/h2-6,8,11,16,18H,7,9-10,12H2,1H3/t16-,18-/m0/s1. The first-order chi connectivity index (χ1) is 11.1. The zero-order valence-corrected chi connectivity index (χ0v) is 13.8. The van der Waals surface area contributed by atoms with Crippen molar-refractivity contribution in [1.82, 2.24) is 9.88 Å². The van der Waals surface area contributed by atoms with E-state index in [1.54, 1.807) is 12.4 Å². The van der Waals surface area contributed by atoms with Crippen molar-refractivity contribution in [1.29, 1.82) is 0 Å². The Balaban J connectivity index is 1.66. The van der Waals surface area contributed by atoms with E-state index in [0.717, 1.165) is 30.5 Å². The molecule has 5 heteroatoms. The normalized spacial score (nSPS) is 21.6. The fourth-order valence-electron chi connectivity index (χ4n) is 3.02. The average molecular weight is 335 g/mol. The van der Waals surface area contributed by atoms with Crippen molar-refractivity contribution in [3.8, 4) is 0 Å². The molecule has 1 saturated heterocycles. The summed E-state index contributed by atoms with van der Waals surface area (Å²) in [5.74, 6) is -0.217. The number of aromatic nitrogens is 1. The van der Waals surface area contributed by atoms with Crippen LogP contribution in [0.15, 0.2) is 42.7 Å².